The SMILES string of the molecule is CCCCOC(=O)NCCNc1ccc(Br)cc1N. The van der Waals surface area contributed by atoms with Crippen molar-refractivity contribution < 1.29 is 9.53 Å². The zero-order chi connectivity index (χ0) is 14.1. The van der Waals surface area contributed by atoms with Crippen LogP contribution in [0.4, 0.5) is 16.2 Å². The summed E-state index contributed by atoms with van der Waals surface area (Å²) in [6.07, 6.45) is 1.53. The molecule has 0 aromatic heterocycles. The highest BCUT2D eigenvalue weighted by Gasteiger charge is 2.01. The van der Waals surface area contributed by atoms with E-state index in [1.807, 2.05) is 25.1 Å². The lowest BCUT2D eigenvalue weighted by molar-refractivity contribution is 0.145. The van der Waals surface area contributed by atoms with Crippen molar-refractivity contribution in [1.82, 2.24) is 5.32 Å². The second kappa shape index (κ2) is 8.63. The molecule has 1 rings (SSSR count). The Kier molecular flexibility index (Phi) is 7.10. The van der Waals surface area contributed by atoms with Crippen molar-refractivity contribution in [2.24, 2.45) is 0 Å². The van der Waals surface area contributed by atoms with Crippen LogP contribution < -0.4 is 16.4 Å². The molecule has 0 bridgehead atoms. The summed E-state index contributed by atoms with van der Waals surface area (Å²) < 4.78 is 5.90. The first-order valence-corrected chi connectivity index (χ1v) is 7.12. The third-order valence-electron chi connectivity index (χ3n) is 2.45. The van der Waals surface area contributed by atoms with Crippen LogP contribution in [0.3, 0.4) is 0 Å². The molecule has 4 N–H and O–H groups in total. The summed E-state index contributed by atoms with van der Waals surface area (Å²) in [6, 6.07) is 5.62. The molecule has 0 radical (unpaired) electrons. The number of unbranched alkanes of at least 4 members (excludes halogenated alkanes) is 1. The number of carbonyl (C=O) groups excluding carboxylic acids is 1. The maximum Gasteiger partial charge on any atom is 0.407 e. The van der Waals surface area contributed by atoms with Gasteiger partial charge in [0, 0.05) is 17.6 Å². The van der Waals surface area contributed by atoms with Gasteiger partial charge < -0.3 is 21.1 Å². The topological polar surface area (TPSA) is 76.4 Å². The number of hydrogen-bond donors (Lipinski definition) is 3. The van der Waals surface area contributed by atoms with Gasteiger partial charge in [-0.15, -0.1) is 0 Å². The Bertz CT molecular complexity index is 413. The first-order valence-electron chi connectivity index (χ1n) is 6.33. The number of anilines is 2. The average Bonchev–Trinajstić information content (AvgIpc) is 2.37. The summed E-state index contributed by atoms with van der Waals surface area (Å²) in [5.74, 6) is 0. The zero-order valence-electron chi connectivity index (χ0n) is 11.0. The van der Waals surface area contributed by atoms with Crippen LogP contribution in [0.5, 0.6) is 0 Å². The fourth-order valence-electron chi connectivity index (χ4n) is 1.42. The Morgan fingerprint density at radius 1 is 1.42 bits per heavy atom. The van der Waals surface area contributed by atoms with Gasteiger partial charge in [-0.05, 0) is 24.6 Å². The number of benzene rings is 1. The highest BCUT2D eigenvalue weighted by molar-refractivity contribution is 9.10. The summed E-state index contributed by atoms with van der Waals surface area (Å²) >= 11 is 3.35. The second-order valence-corrected chi connectivity index (χ2v) is 4.99. The Labute approximate surface area is 122 Å². The van der Waals surface area contributed by atoms with E-state index in [4.69, 9.17) is 10.5 Å². The molecule has 1 aromatic carbocycles. The van der Waals surface area contributed by atoms with Crippen LogP contribution in [0.2, 0.25) is 0 Å². The van der Waals surface area contributed by atoms with Crippen LogP contribution in [-0.2, 0) is 4.74 Å². The van der Waals surface area contributed by atoms with Crippen LogP contribution in [0.15, 0.2) is 22.7 Å². The van der Waals surface area contributed by atoms with Gasteiger partial charge in [-0.25, -0.2) is 4.79 Å². The van der Waals surface area contributed by atoms with Crippen molar-refractivity contribution in [3.05, 3.63) is 22.7 Å². The molecule has 6 heteroatoms. The predicted molar refractivity (Wildman–Crippen MR) is 81.3 cm³/mol. The molecule has 0 atom stereocenters. The lowest BCUT2D eigenvalue weighted by Crippen LogP contribution is -2.29. The van der Waals surface area contributed by atoms with Crippen LogP contribution >= 0.6 is 15.9 Å². The molecule has 0 heterocycles. The summed E-state index contributed by atoms with van der Waals surface area (Å²) in [7, 11) is 0. The van der Waals surface area contributed by atoms with E-state index in [9.17, 15) is 4.79 Å². The largest absolute Gasteiger partial charge is 0.450 e. The van der Waals surface area contributed by atoms with E-state index in [2.05, 4.69) is 26.6 Å². The van der Waals surface area contributed by atoms with Crippen molar-refractivity contribution >= 4 is 33.4 Å². The molecule has 106 valence electrons. The molecule has 1 amide bonds. The number of alkyl carbamates (subject to hydrolysis) is 1. The van der Waals surface area contributed by atoms with Gasteiger partial charge in [0.25, 0.3) is 0 Å². The lowest BCUT2D eigenvalue weighted by atomic mass is 10.3. The standard InChI is InChI=1S/C13H20BrN3O2/c1-2-3-8-19-13(18)17-7-6-16-12-5-4-10(14)9-11(12)15/h4-5,9,16H,2-3,6-8,15H2,1H3,(H,17,18). The number of rotatable bonds is 7. The first-order chi connectivity index (χ1) is 9.13. The summed E-state index contributed by atoms with van der Waals surface area (Å²) in [6.45, 7) is 3.60. The van der Waals surface area contributed by atoms with Gasteiger partial charge in [0.15, 0.2) is 0 Å². The normalized spacial score (nSPS) is 10.0. The minimum atomic E-state index is -0.376. The van der Waals surface area contributed by atoms with E-state index in [1.54, 1.807) is 0 Å². The van der Waals surface area contributed by atoms with Crippen molar-refractivity contribution in [2.45, 2.75) is 19.8 Å². The zero-order valence-corrected chi connectivity index (χ0v) is 12.6. The Morgan fingerprint density at radius 2 is 2.21 bits per heavy atom. The maximum absolute atomic E-state index is 11.2. The molecule has 0 spiro atoms. The highest BCUT2D eigenvalue weighted by atomic mass is 79.9. The smallest absolute Gasteiger partial charge is 0.407 e. The second-order valence-electron chi connectivity index (χ2n) is 4.07. The van der Waals surface area contributed by atoms with Gasteiger partial charge in [-0.2, -0.15) is 0 Å². The van der Waals surface area contributed by atoms with Crippen molar-refractivity contribution in [1.29, 1.82) is 0 Å². The van der Waals surface area contributed by atoms with Crippen molar-refractivity contribution in [3.8, 4) is 0 Å². The number of amides is 1. The van der Waals surface area contributed by atoms with Crippen LogP contribution in [-0.4, -0.2) is 25.8 Å². The number of nitrogens with two attached hydrogens (primary N) is 1. The summed E-state index contributed by atoms with van der Waals surface area (Å²) in [4.78, 5) is 11.2. The van der Waals surface area contributed by atoms with Gasteiger partial charge in [-0.3, -0.25) is 0 Å². The number of ether oxygens (including phenoxy) is 1. The van der Waals surface area contributed by atoms with E-state index in [-0.39, 0.29) is 6.09 Å². The number of halogens is 1. The van der Waals surface area contributed by atoms with Crippen molar-refractivity contribution in [3.63, 3.8) is 0 Å². The molecule has 0 unspecified atom stereocenters. The van der Waals surface area contributed by atoms with Crippen molar-refractivity contribution in [2.75, 3.05) is 30.7 Å². The number of nitrogen functional groups attached to an aromatic ring is 1. The molecular weight excluding hydrogens is 310 g/mol. The minimum Gasteiger partial charge on any atom is -0.450 e. The van der Waals surface area contributed by atoms with Gasteiger partial charge in [0.2, 0.25) is 0 Å². The summed E-state index contributed by atoms with van der Waals surface area (Å²) in [5.41, 5.74) is 7.36. The molecule has 0 aliphatic rings. The Hall–Kier alpha value is -1.43. The first kappa shape index (κ1) is 15.6. The van der Waals surface area contributed by atoms with Gasteiger partial charge in [0.05, 0.1) is 18.0 Å². The fourth-order valence-corrected chi connectivity index (χ4v) is 1.80. The van der Waals surface area contributed by atoms with Gasteiger partial charge in [-0.1, -0.05) is 29.3 Å². The lowest BCUT2D eigenvalue weighted by Gasteiger charge is -2.10. The van der Waals surface area contributed by atoms with Gasteiger partial charge >= 0.3 is 6.09 Å². The van der Waals surface area contributed by atoms with E-state index in [0.29, 0.717) is 25.4 Å². The van der Waals surface area contributed by atoms with E-state index in [0.717, 1.165) is 23.0 Å². The quantitative estimate of drug-likeness (QED) is 0.531. The van der Waals surface area contributed by atoms with E-state index < -0.39 is 0 Å². The molecule has 0 saturated carbocycles. The third kappa shape index (κ3) is 6.33. The molecular formula is C13H20BrN3O2. The van der Waals surface area contributed by atoms with Crippen LogP contribution in [0.25, 0.3) is 0 Å². The number of carbonyl (C=O) groups is 1. The molecule has 0 saturated heterocycles. The third-order valence-corrected chi connectivity index (χ3v) is 2.95. The predicted octanol–water partition coefficient (Wildman–Crippen LogP) is 2.97. The molecule has 0 aliphatic carbocycles. The number of hydrogen-bond acceptors (Lipinski definition) is 4. The van der Waals surface area contributed by atoms with Gasteiger partial charge in [0.1, 0.15) is 0 Å². The van der Waals surface area contributed by atoms with E-state index >= 15 is 0 Å². The van der Waals surface area contributed by atoms with E-state index in [1.165, 1.54) is 0 Å². The summed E-state index contributed by atoms with van der Waals surface area (Å²) in [5, 5.41) is 5.82. The Balaban J connectivity index is 2.18. The molecule has 0 fully saturated rings. The minimum absolute atomic E-state index is 0.376. The average molecular weight is 330 g/mol. The highest BCUT2D eigenvalue weighted by Crippen LogP contribution is 2.22. The maximum atomic E-state index is 11.2. The fraction of sp³-hybridized carbons (Fsp3) is 0.462. The van der Waals surface area contributed by atoms with Crippen LogP contribution in [0, 0.1) is 0 Å². The monoisotopic (exact) mass is 329 g/mol. The Morgan fingerprint density at radius 3 is 2.89 bits per heavy atom. The molecule has 19 heavy (non-hydrogen) atoms. The molecule has 1 aromatic rings. The molecule has 5 nitrogen and oxygen atoms in total. The molecule has 0 aliphatic heterocycles. The number of nitrogens with one attached hydrogen (secondary N) is 2. The van der Waals surface area contributed by atoms with Crippen LogP contribution in [0.1, 0.15) is 19.8 Å².